The molecule has 1 amide bonds. The predicted molar refractivity (Wildman–Crippen MR) is 101 cm³/mol. The topological polar surface area (TPSA) is 70.2 Å². The van der Waals surface area contributed by atoms with Gasteiger partial charge in [0.05, 0.1) is 11.2 Å². The fraction of sp³-hybridized carbons (Fsp3) is 0.190. The summed E-state index contributed by atoms with van der Waals surface area (Å²) in [6.07, 6.45) is 0.720. The van der Waals surface area contributed by atoms with Crippen LogP contribution in [0.3, 0.4) is 0 Å². The number of anilines is 1. The molecule has 1 aliphatic rings. The molecule has 2 aromatic carbocycles. The lowest BCUT2D eigenvalue weighted by atomic mass is 9.99. The second kappa shape index (κ2) is 6.79. The number of carbonyl (C=O) groups is 2. The number of H-pyrrole nitrogens is 1. The highest BCUT2D eigenvalue weighted by Crippen LogP contribution is 2.27. The predicted octanol–water partition coefficient (Wildman–Crippen LogP) is 3.22. The first-order chi connectivity index (χ1) is 13.0. The van der Waals surface area contributed by atoms with Crippen molar-refractivity contribution in [2.24, 2.45) is 0 Å². The van der Waals surface area contributed by atoms with Crippen LogP contribution in [0.5, 0.6) is 0 Å². The van der Waals surface area contributed by atoms with Crippen LogP contribution < -0.4 is 10.5 Å². The Balaban J connectivity index is 1.55. The molecule has 4 rings (SSSR count). The monoisotopic (exact) mass is 364 g/mol. The Morgan fingerprint density at radius 3 is 2.78 bits per heavy atom. The molecule has 0 atom stereocenters. The number of aryl methyl sites for hydroxylation is 1. The Bertz CT molecular complexity index is 1120. The third kappa shape index (κ3) is 3.26. The summed E-state index contributed by atoms with van der Waals surface area (Å²) in [6.45, 7) is 0.349. The maximum absolute atomic E-state index is 13.3. The Kier molecular flexibility index (Phi) is 4.32. The zero-order valence-corrected chi connectivity index (χ0v) is 14.5. The average Bonchev–Trinajstić information content (AvgIpc) is 2.66. The number of aromatic nitrogens is 1. The van der Waals surface area contributed by atoms with Crippen LogP contribution in [-0.4, -0.2) is 23.2 Å². The molecule has 1 N–H and O–H groups in total. The summed E-state index contributed by atoms with van der Waals surface area (Å²) in [6, 6.07) is 13.0. The first-order valence-corrected chi connectivity index (χ1v) is 8.77. The van der Waals surface area contributed by atoms with Crippen molar-refractivity contribution < 1.29 is 14.0 Å². The smallest absolute Gasteiger partial charge is 0.251 e. The molecule has 0 spiro atoms. The number of para-hydroxylation sites is 1. The number of aromatic amines is 1. The first kappa shape index (κ1) is 17.1. The molecule has 0 aliphatic carbocycles. The molecule has 3 aromatic rings. The highest BCUT2D eigenvalue weighted by molar-refractivity contribution is 6.08. The average molecular weight is 364 g/mol. The SMILES string of the molecule is O=C1CCN(C(=O)CCc2cc3ccc(F)cc3[nH]c2=O)c2ccccc21. The lowest BCUT2D eigenvalue weighted by Gasteiger charge is -2.28. The van der Waals surface area contributed by atoms with Crippen molar-refractivity contribution in [2.75, 3.05) is 11.4 Å². The number of hydrogen-bond donors (Lipinski definition) is 1. The van der Waals surface area contributed by atoms with Gasteiger partial charge >= 0.3 is 0 Å². The molecular weight excluding hydrogens is 347 g/mol. The number of fused-ring (bicyclic) bond motifs is 2. The summed E-state index contributed by atoms with van der Waals surface area (Å²) in [4.78, 5) is 41.2. The molecule has 0 fully saturated rings. The minimum atomic E-state index is -0.417. The number of halogens is 1. The number of carbonyl (C=O) groups excluding carboxylic acids is 2. The van der Waals surface area contributed by atoms with Gasteiger partial charge < -0.3 is 9.88 Å². The molecule has 27 heavy (non-hydrogen) atoms. The molecule has 1 aromatic heterocycles. The summed E-state index contributed by atoms with van der Waals surface area (Å²) in [5.74, 6) is -0.513. The summed E-state index contributed by atoms with van der Waals surface area (Å²) in [5, 5.41) is 0.715. The fourth-order valence-electron chi connectivity index (χ4n) is 3.45. The van der Waals surface area contributed by atoms with Crippen LogP contribution in [0.2, 0.25) is 0 Å². The van der Waals surface area contributed by atoms with Crippen molar-refractivity contribution in [1.82, 2.24) is 4.98 Å². The lowest BCUT2D eigenvalue weighted by Crippen LogP contribution is -2.37. The molecule has 0 radical (unpaired) electrons. The zero-order chi connectivity index (χ0) is 19.0. The van der Waals surface area contributed by atoms with E-state index in [1.165, 1.54) is 12.1 Å². The molecule has 2 heterocycles. The van der Waals surface area contributed by atoms with Crippen LogP contribution in [0.25, 0.3) is 10.9 Å². The largest absolute Gasteiger partial charge is 0.322 e. The van der Waals surface area contributed by atoms with E-state index in [2.05, 4.69) is 4.98 Å². The zero-order valence-electron chi connectivity index (χ0n) is 14.5. The van der Waals surface area contributed by atoms with Gasteiger partial charge in [-0.3, -0.25) is 14.4 Å². The van der Waals surface area contributed by atoms with E-state index in [0.717, 1.165) is 0 Å². The third-order valence-electron chi connectivity index (χ3n) is 4.85. The van der Waals surface area contributed by atoms with Gasteiger partial charge in [-0.25, -0.2) is 4.39 Å². The van der Waals surface area contributed by atoms with E-state index in [4.69, 9.17) is 0 Å². The molecule has 1 aliphatic heterocycles. The van der Waals surface area contributed by atoms with Gasteiger partial charge in [-0.1, -0.05) is 12.1 Å². The molecular formula is C21H17FN2O3. The maximum atomic E-state index is 13.3. The molecule has 0 saturated heterocycles. The maximum Gasteiger partial charge on any atom is 0.251 e. The van der Waals surface area contributed by atoms with E-state index in [1.807, 2.05) is 0 Å². The van der Waals surface area contributed by atoms with Crippen LogP contribution in [0.15, 0.2) is 53.3 Å². The van der Waals surface area contributed by atoms with Crippen LogP contribution in [0.4, 0.5) is 10.1 Å². The Hall–Kier alpha value is -3.28. The molecule has 136 valence electrons. The van der Waals surface area contributed by atoms with Crippen molar-refractivity contribution in [2.45, 2.75) is 19.3 Å². The minimum absolute atomic E-state index is 0.0351. The summed E-state index contributed by atoms with van der Waals surface area (Å²) in [7, 11) is 0. The van der Waals surface area contributed by atoms with Crippen LogP contribution in [0, 0.1) is 5.82 Å². The lowest BCUT2D eigenvalue weighted by molar-refractivity contribution is -0.118. The molecule has 0 bridgehead atoms. The number of nitrogens with zero attached hydrogens (tertiary/aromatic N) is 1. The summed E-state index contributed by atoms with van der Waals surface area (Å²) in [5.41, 5.74) is 1.77. The number of nitrogens with one attached hydrogen (secondary N) is 1. The fourth-order valence-corrected chi connectivity index (χ4v) is 3.45. The third-order valence-corrected chi connectivity index (χ3v) is 4.85. The van der Waals surface area contributed by atoms with Gasteiger partial charge in [0.1, 0.15) is 5.82 Å². The number of pyridine rings is 1. The van der Waals surface area contributed by atoms with Crippen LogP contribution >= 0.6 is 0 Å². The van der Waals surface area contributed by atoms with Crippen molar-refractivity contribution in [3.63, 3.8) is 0 Å². The van der Waals surface area contributed by atoms with E-state index in [-0.39, 0.29) is 30.1 Å². The van der Waals surface area contributed by atoms with Gasteiger partial charge in [-0.2, -0.15) is 0 Å². The van der Waals surface area contributed by atoms with Crippen LogP contribution in [-0.2, 0) is 11.2 Å². The van der Waals surface area contributed by atoms with E-state index < -0.39 is 5.82 Å². The van der Waals surface area contributed by atoms with Gasteiger partial charge in [-0.05, 0) is 48.2 Å². The van der Waals surface area contributed by atoms with Crippen molar-refractivity contribution in [3.8, 4) is 0 Å². The highest BCUT2D eigenvalue weighted by Gasteiger charge is 2.26. The van der Waals surface area contributed by atoms with Crippen molar-refractivity contribution in [1.29, 1.82) is 0 Å². The van der Waals surface area contributed by atoms with E-state index in [1.54, 1.807) is 41.3 Å². The number of ketones is 1. The first-order valence-electron chi connectivity index (χ1n) is 8.77. The van der Waals surface area contributed by atoms with Crippen LogP contribution in [0.1, 0.15) is 28.8 Å². The highest BCUT2D eigenvalue weighted by atomic mass is 19.1. The molecule has 5 nitrogen and oxygen atoms in total. The number of hydrogen-bond acceptors (Lipinski definition) is 3. The quantitative estimate of drug-likeness (QED) is 0.776. The summed E-state index contributed by atoms with van der Waals surface area (Å²) >= 11 is 0. The second-order valence-corrected chi connectivity index (χ2v) is 6.59. The van der Waals surface area contributed by atoms with E-state index in [9.17, 15) is 18.8 Å². The Labute approximate surface area is 154 Å². The number of benzene rings is 2. The second-order valence-electron chi connectivity index (χ2n) is 6.59. The van der Waals surface area contributed by atoms with Gasteiger partial charge in [0, 0.05) is 30.5 Å². The van der Waals surface area contributed by atoms with E-state index in [0.29, 0.717) is 40.7 Å². The number of Topliss-reactive ketones (excluding diaryl/α,β-unsaturated/α-hetero) is 1. The van der Waals surface area contributed by atoms with Gasteiger partial charge in [-0.15, -0.1) is 0 Å². The van der Waals surface area contributed by atoms with Gasteiger partial charge in [0.15, 0.2) is 5.78 Å². The standard InChI is InChI=1S/C21H17FN2O3/c22-15-7-5-13-11-14(21(27)23-17(13)12-15)6-8-20(26)24-10-9-19(25)16-3-1-2-4-18(16)24/h1-5,7,11-12H,6,8-10H2,(H,23,27). The molecule has 6 heteroatoms. The number of amides is 1. The van der Waals surface area contributed by atoms with Crippen molar-refractivity contribution in [3.05, 3.63) is 75.8 Å². The van der Waals surface area contributed by atoms with Gasteiger partial charge in [0.25, 0.3) is 5.56 Å². The van der Waals surface area contributed by atoms with Gasteiger partial charge in [0.2, 0.25) is 5.91 Å². The molecule has 0 unspecified atom stereocenters. The Morgan fingerprint density at radius 2 is 1.93 bits per heavy atom. The Morgan fingerprint density at radius 1 is 1.11 bits per heavy atom. The minimum Gasteiger partial charge on any atom is -0.322 e. The van der Waals surface area contributed by atoms with E-state index >= 15 is 0 Å². The number of rotatable bonds is 3. The normalized spacial score (nSPS) is 13.7. The molecule has 0 saturated carbocycles. The van der Waals surface area contributed by atoms with Crippen molar-refractivity contribution >= 4 is 28.3 Å². The summed E-state index contributed by atoms with van der Waals surface area (Å²) < 4.78 is 13.3.